The lowest BCUT2D eigenvalue weighted by atomic mass is 10.2. The zero-order chi connectivity index (χ0) is 17.2. The van der Waals surface area contributed by atoms with Crippen molar-refractivity contribution in [2.45, 2.75) is 0 Å². The fourth-order valence-electron chi connectivity index (χ4n) is 2.77. The first-order valence-corrected chi connectivity index (χ1v) is 7.76. The first kappa shape index (κ1) is 14.9. The summed E-state index contributed by atoms with van der Waals surface area (Å²) in [5, 5.41) is 19.9. The molecule has 25 heavy (non-hydrogen) atoms. The van der Waals surface area contributed by atoms with E-state index in [9.17, 15) is 10.1 Å². The summed E-state index contributed by atoms with van der Waals surface area (Å²) in [6.45, 7) is 0. The van der Waals surface area contributed by atoms with Crippen LogP contribution in [-0.2, 0) is 0 Å². The molecule has 0 atom stereocenters. The minimum atomic E-state index is -0.391. The summed E-state index contributed by atoms with van der Waals surface area (Å²) in [5.41, 5.74) is 3.06. The fraction of sp³-hybridized carbons (Fsp3) is 0. The van der Waals surface area contributed by atoms with Crippen molar-refractivity contribution in [3.8, 4) is 5.69 Å². The fourth-order valence-corrected chi connectivity index (χ4v) is 2.77. The van der Waals surface area contributed by atoms with E-state index in [1.54, 1.807) is 16.9 Å². The van der Waals surface area contributed by atoms with Gasteiger partial charge in [-0.25, -0.2) is 4.68 Å². The molecular formula is C19H14N4O2. The Morgan fingerprint density at radius 3 is 2.32 bits per heavy atom. The number of aromatic nitrogens is 2. The van der Waals surface area contributed by atoms with Gasteiger partial charge in [0.05, 0.1) is 28.0 Å². The molecule has 0 aliphatic rings. The lowest BCUT2D eigenvalue weighted by Crippen LogP contribution is -1.98. The van der Waals surface area contributed by atoms with Gasteiger partial charge in [-0.2, -0.15) is 5.10 Å². The molecule has 0 unspecified atom stereocenters. The van der Waals surface area contributed by atoms with Crippen molar-refractivity contribution in [1.29, 1.82) is 0 Å². The van der Waals surface area contributed by atoms with Crippen LogP contribution in [-0.4, -0.2) is 14.7 Å². The number of benzene rings is 3. The zero-order valence-corrected chi connectivity index (χ0v) is 13.2. The molecule has 0 aliphatic heterocycles. The lowest BCUT2D eigenvalue weighted by Gasteiger charge is -2.09. The molecule has 0 fully saturated rings. The average molecular weight is 330 g/mol. The van der Waals surface area contributed by atoms with Gasteiger partial charge in [0.2, 0.25) is 0 Å². The number of nitro benzene ring substituents is 1. The Morgan fingerprint density at radius 2 is 1.64 bits per heavy atom. The molecular weight excluding hydrogens is 316 g/mol. The van der Waals surface area contributed by atoms with Gasteiger partial charge in [-0.1, -0.05) is 36.4 Å². The Balaban J connectivity index is 1.90. The summed E-state index contributed by atoms with van der Waals surface area (Å²) in [4.78, 5) is 11.0. The molecule has 3 aromatic carbocycles. The third kappa shape index (κ3) is 2.81. The van der Waals surface area contributed by atoms with Crippen LogP contribution in [0.5, 0.6) is 0 Å². The second-order valence-electron chi connectivity index (χ2n) is 5.57. The van der Waals surface area contributed by atoms with E-state index in [0.29, 0.717) is 11.2 Å². The normalized spacial score (nSPS) is 10.7. The highest BCUT2D eigenvalue weighted by molar-refractivity contribution is 5.96. The van der Waals surface area contributed by atoms with Crippen LogP contribution in [0.15, 0.2) is 79.0 Å². The molecule has 6 heteroatoms. The first-order valence-electron chi connectivity index (χ1n) is 7.76. The van der Waals surface area contributed by atoms with Gasteiger partial charge < -0.3 is 5.32 Å². The summed E-state index contributed by atoms with van der Waals surface area (Å²) in [7, 11) is 0. The number of nitrogens with one attached hydrogen (secondary N) is 1. The molecule has 0 saturated carbocycles. The molecule has 6 nitrogen and oxygen atoms in total. The maximum Gasteiger partial charge on any atom is 0.273 e. The second-order valence-corrected chi connectivity index (χ2v) is 5.57. The topological polar surface area (TPSA) is 73.0 Å². The van der Waals surface area contributed by atoms with Crippen LogP contribution in [0.1, 0.15) is 0 Å². The van der Waals surface area contributed by atoms with Crippen LogP contribution in [0.3, 0.4) is 0 Å². The molecule has 0 aliphatic carbocycles. The molecule has 122 valence electrons. The first-order chi connectivity index (χ1) is 12.2. The molecule has 0 bridgehead atoms. The molecule has 1 heterocycles. The molecule has 0 amide bonds. The number of fused-ring (bicyclic) bond motifs is 1. The van der Waals surface area contributed by atoms with E-state index in [1.165, 1.54) is 6.07 Å². The number of anilines is 2. The van der Waals surface area contributed by atoms with Gasteiger partial charge in [-0.15, -0.1) is 0 Å². The van der Waals surface area contributed by atoms with Gasteiger partial charge >= 0.3 is 0 Å². The number of nitrogens with zero attached hydrogens (tertiary/aromatic N) is 3. The van der Waals surface area contributed by atoms with Gasteiger partial charge in [-0.05, 0) is 24.3 Å². The summed E-state index contributed by atoms with van der Waals surface area (Å²) in [6.07, 6.45) is 1.72. The largest absolute Gasteiger partial charge is 0.355 e. The van der Waals surface area contributed by atoms with Crippen molar-refractivity contribution in [3.05, 3.63) is 89.1 Å². The summed E-state index contributed by atoms with van der Waals surface area (Å²) < 4.78 is 1.71. The van der Waals surface area contributed by atoms with Crippen LogP contribution in [0.25, 0.3) is 16.6 Å². The summed E-state index contributed by atoms with van der Waals surface area (Å²) in [6, 6.07) is 22.2. The second kappa shape index (κ2) is 6.09. The van der Waals surface area contributed by atoms with Crippen molar-refractivity contribution >= 4 is 28.0 Å². The third-order valence-electron chi connectivity index (χ3n) is 3.94. The molecule has 1 N–H and O–H groups in total. The van der Waals surface area contributed by atoms with Crippen LogP contribution < -0.4 is 5.32 Å². The highest BCUT2D eigenvalue weighted by Gasteiger charge is 2.16. The smallest absolute Gasteiger partial charge is 0.273 e. The molecule has 0 radical (unpaired) electrons. The maximum atomic E-state index is 11.4. The lowest BCUT2D eigenvalue weighted by molar-refractivity contribution is -0.384. The van der Waals surface area contributed by atoms with Crippen molar-refractivity contribution in [3.63, 3.8) is 0 Å². The van der Waals surface area contributed by atoms with Crippen molar-refractivity contribution in [2.75, 3.05) is 5.32 Å². The van der Waals surface area contributed by atoms with Gasteiger partial charge in [-0.3, -0.25) is 10.1 Å². The van der Waals surface area contributed by atoms with Crippen LogP contribution in [0.4, 0.5) is 17.1 Å². The van der Waals surface area contributed by atoms with Crippen LogP contribution in [0.2, 0.25) is 0 Å². The Bertz CT molecular complexity index is 1040. The Kier molecular flexibility index (Phi) is 3.63. The number of para-hydroxylation sites is 2. The van der Waals surface area contributed by atoms with Crippen LogP contribution in [0, 0.1) is 10.1 Å². The maximum absolute atomic E-state index is 11.4. The van der Waals surface area contributed by atoms with E-state index in [1.807, 2.05) is 60.7 Å². The van der Waals surface area contributed by atoms with Crippen molar-refractivity contribution in [1.82, 2.24) is 9.78 Å². The van der Waals surface area contributed by atoms with E-state index in [4.69, 9.17) is 0 Å². The number of rotatable bonds is 4. The monoisotopic (exact) mass is 330 g/mol. The molecule has 0 spiro atoms. The molecule has 4 aromatic rings. The Morgan fingerprint density at radius 1 is 0.960 bits per heavy atom. The van der Waals surface area contributed by atoms with E-state index < -0.39 is 4.92 Å². The number of hydrogen-bond donors (Lipinski definition) is 1. The Labute approximate surface area is 143 Å². The Hall–Kier alpha value is -3.67. The number of non-ortho nitro benzene ring substituents is 1. The summed E-state index contributed by atoms with van der Waals surface area (Å²) >= 11 is 0. The van der Waals surface area contributed by atoms with Crippen molar-refractivity contribution in [2.24, 2.45) is 0 Å². The quantitative estimate of drug-likeness (QED) is 0.435. The van der Waals surface area contributed by atoms with Crippen LogP contribution >= 0.6 is 0 Å². The van der Waals surface area contributed by atoms with Gasteiger partial charge in [0.15, 0.2) is 0 Å². The molecule has 0 saturated heterocycles. The highest BCUT2D eigenvalue weighted by atomic mass is 16.6. The third-order valence-corrected chi connectivity index (χ3v) is 3.94. The van der Waals surface area contributed by atoms with Gasteiger partial charge in [0, 0.05) is 23.2 Å². The van der Waals surface area contributed by atoms with E-state index in [0.717, 1.165) is 16.8 Å². The predicted molar refractivity (Wildman–Crippen MR) is 97.4 cm³/mol. The van der Waals surface area contributed by atoms with Gasteiger partial charge in [0.25, 0.3) is 5.69 Å². The summed E-state index contributed by atoms with van der Waals surface area (Å²) in [5.74, 6) is 0. The SMILES string of the molecule is O=[N+]([O-])c1cc(Nc2ccccc2)c2cnn(-c3ccccc3)c2c1. The zero-order valence-electron chi connectivity index (χ0n) is 13.2. The predicted octanol–water partition coefficient (Wildman–Crippen LogP) is 4.68. The standard InChI is InChI=1S/C19H14N4O2/c24-23(25)16-11-18(21-14-7-3-1-4-8-14)17-13-20-22(19(17)12-16)15-9-5-2-6-10-15/h1-13,21H. The number of nitro groups is 1. The number of hydrogen-bond acceptors (Lipinski definition) is 4. The highest BCUT2D eigenvalue weighted by Crippen LogP contribution is 2.32. The minimum absolute atomic E-state index is 0.0172. The van der Waals surface area contributed by atoms with E-state index >= 15 is 0 Å². The average Bonchev–Trinajstić information content (AvgIpc) is 3.07. The van der Waals surface area contributed by atoms with Crippen molar-refractivity contribution < 1.29 is 4.92 Å². The van der Waals surface area contributed by atoms with E-state index in [2.05, 4.69) is 10.4 Å². The minimum Gasteiger partial charge on any atom is -0.355 e. The molecule has 1 aromatic heterocycles. The molecule has 4 rings (SSSR count). The van der Waals surface area contributed by atoms with E-state index in [-0.39, 0.29) is 5.69 Å². The van der Waals surface area contributed by atoms with Gasteiger partial charge in [0.1, 0.15) is 0 Å².